The lowest BCUT2D eigenvalue weighted by Crippen LogP contribution is -2.41. The second-order valence-electron chi connectivity index (χ2n) is 11.8. The van der Waals surface area contributed by atoms with Gasteiger partial charge in [0.1, 0.15) is 17.9 Å². The molecule has 8 rings (SSSR count). The Kier molecular flexibility index (Phi) is 9.10. The first-order chi connectivity index (χ1) is 19.7. The van der Waals surface area contributed by atoms with Crippen molar-refractivity contribution >= 4 is 28.4 Å². The summed E-state index contributed by atoms with van der Waals surface area (Å²) in [6.45, 7) is 6.53. The molecule has 2 saturated carbocycles. The minimum Gasteiger partial charge on any atom is -0.327 e. The van der Waals surface area contributed by atoms with Crippen LogP contribution in [-0.2, 0) is 25.9 Å². The van der Waals surface area contributed by atoms with E-state index in [4.69, 9.17) is 15.2 Å². The quantitative estimate of drug-likeness (QED) is 0.289. The molecule has 4 aliphatic rings. The summed E-state index contributed by atoms with van der Waals surface area (Å²) >= 11 is 0. The average Bonchev–Trinajstić information content (AvgIpc) is 3.28. The fraction of sp³-hybridized carbons (Fsp3) is 0.529. The van der Waals surface area contributed by atoms with E-state index in [2.05, 4.69) is 25.0 Å². The molecule has 0 amide bonds. The van der Waals surface area contributed by atoms with Gasteiger partial charge >= 0.3 is 0 Å². The third-order valence-corrected chi connectivity index (χ3v) is 9.59. The number of carbonyl (C=O) groups is 1. The first kappa shape index (κ1) is 29.9. The molecule has 2 aliphatic heterocycles. The molecule has 222 valence electrons. The van der Waals surface area contributed by atoms with Crippen LogP contribution in [0.1, 0.15) is 80.9 Å². The van der Waals surface area contributed by atoms with Crippen molar-refractivity contribution in [3.05, 3.63) is 59.2 Å². The van der Waals surface area contributed by atoms with Gasteiger partial charge in [-0.25, -0.2) is 9.97 Å². The molecule has 2 aromatic heterocycles. The third kappa shape index (κ3) is 5.60. The fourth-order valence-electron chi connectivity index (χ4n) is 6.80. The van der Waals surface area contributed by atoms with E-state index in [0.717, 1.165) is 81.5 Å². The molecular weight excluding hydrogens is 522 g/mol. The molecule has 0 unspecified atom stereocenters. The van der Waals surface area contributed by atoms with Gasteiger partial charge in [-0.1, -0.05) is 27.7 Å². The van der Waals surface area contributed by atoms with E-state index in [1.165, 1.54) is 61.2 Å². The highest BCUT2D eigenvalue weighted by Gasteiger charge is 2.28. The number of nitriles is 1. The summed E-state index contributed by atoms with van der Waals surface area (Å²) < 4.78 is 4.68. The van der Waals surface area contributed by atoms with Gasteiger partial charge < -0.3 is 9.13 Å². The zero-order valence-electron chi connectivity index (χ0n) is 23.1. The van der Waals surface area contributed by atoms with Gasteiger partial charge in [0.25, 0.3) is 0 Å². The predicted molar refractivity (Wildman–Crippen MR) is 169 cm³/mol. The van der Waals surface area contributed by atoms with Crippen LogP contribution < -0.4 is 0 Å². The lowest BCUT2D eigenvalue weighted by Gasteiger charge is -2.36. The Hall–Kier alpha value is -3.54. The molecule has 42 heavy (non-hydrogen) atoms. The molecule has 0 spiro atoms. The topological polar surface area (TPSA) is 83.0 Å². The first-order valence-electron chi connectivity index (χ1n) is 15.0. The molecule has 8 heteroatoms. The molecule has 2 fully saturated rings. The van der Waals surface area contributed by atoms with Gasteiger partial charge in [-0.15, -0.1) is 0 Å². The molecule has 4 heterocycles. The van der Waals surface area contributed by atoms with E-state index in [1.807, 2.05) is 36.4 Å². The van der Waals surface area contributed by atoms with E-state index >= 15 is 0 Å². The molecule has 0 N–H and O–H groups in total. The molecule has 0 bridgehead atoms. The number of nitrogens with zero attached hydrogens (tertiary/aromatic N) is 7. The smallest absolute Gasteiger partial charge is 0.150 e. The lowest BCUT2D eigenvalue weighted by molar-refractivity contribution is 0.112. The number of imidazole rings is 2. The van der Waals surface area contributed by atoms with Crippen LogP contribution in [0.2, 0.25) is 0 Å². The van der Waals surface area contributed by atoms with Gasteiger partial charge in [0, 0.05) is 69.8 Å². The van der Waals surface area contributed by atoms with E-state index in [9.17, 15) is 4.79 Å². The number of aldehydes is 1. The monoisotopic (exact) mass is 567 g/mol. The summed E-state index contributed by atoms with van der Waals surface area (Å²) in [5.74, 6) is 2.35. The van der Waals surface area contributed by atoms with Crippen LogP contribution in [0.5, 0.6) is 0 Å². The Balaban J connectivity index is 0.000000160. The Morgan fingerprint density at radius 2 is 1.24 bits per heavy atom. The highest BCUT2D eigenvalue weighted by Crippen LogP contribution is 2.29. The van der Waals surface area contributed by atoms with Gasteiger partial charge in [0.2, 0.25) is 0 Å². The first-order valence-corrected chi connectivity index (χ1v) is 15.0. The van der Waals surface area contributed by atoms with Crippen molar-refractivity contribution in [3.8, 4) is 6.07 Å². The summed E-state index contributed by atoms with van der Waals surface area (Å²) in [6.07, 6.45) is 11.2. The molecule has 2 aromatic carbocycles. The maximum Gasteiger partial charge on any atom is 0.150 e. The maximum absolute atomic E-state index is 10.9. The Labute approximate surface area is 249 Å². The van der Waals surface area contributed by atoms with Gasteiger partial charge in [0.05, 0.1) is 33.7 Å². The minimum atomic E-state index is 0. The molecular formula is C34H45N7O. The standard InChI is InChI=1S/C16H18N4.C16H19N3O.2CH4/c17-11-12-4-5-15-14(10-12)18-16-6-7-19(8-9-20(15)16)13-2-1-3-13;20-11-12-4-5-15-14(10-12)17-16-6-7-18(8-9-19(15)16)13-2-1-3-13;;/h4-5,10,13H,1-3,6-9H2;4-5,10-11,13H,1-3,6-9H2;2*1H4. The normalized spacial score (nSPS) is 19.3. The second-order valence-corrected chi connectivity index (χ2v) is 11.8. The summed E-state index contributed by atoms with van der Waals surface area (Å²) in [5.41, 5.74) is 5.68. The maximum atomic E-state index is 10.9. The van der Waals surface area contributed by atoms with Gasteiger partial charge in [-0.3, -0.25) is 14.6 Å². The number of carbonyl (C=O) groups excluding carboxylic acids is 1. The van der Waals surface area contributed by atoms with Crippen LogP contribution in [-0.4, -0.2) is 73.5 Å². The summed E-state index contributed by atoms with van der Waals surface area (Å²) in [7, 11) is 0. The van der Waals surface area contributed by atoms with Gasteiger partial charge in [-0.05, 0) is 62.1 Å². The van der Waals surface area contributed by atoms with E-state index in [0.29, 0.717) is 11.1 Å². The van der Waals surface area contributed by atoms with Crippen LogP contribution in [0.4, 0.5) is 0 Å². The van der Waals surface area contributed by atoms with Crippen LogP contribution in [0, 0.1) is 11.3 Å². The zero-order valence-corrected chi connectivity index (χ0v) is 23.1. The molecule has 0 saturated heterocycles. The van der Waals surface area contributed by atoms with Crippen molar-refractivity contribution in [3.63, 3.8) is 0 Å². The molecule has 8 nitrogen and oxygen atoms in total. The summed E-state index contributed by atoms with van der Waals surface area (Å²) in [6, 6.07) is 15.5. The SMILES string of the molecule is C.C.N#Cc1ccc2c(c1)nc1n2CCN(C2CCC2)CC1.O=Cc1ccc2c(c1)nc1n2CCN(C2CCC2)CC1. The van der Waals surface area contributed by atoms with Crippen LogP contribution in [0.15, 0.2) is 36.4 Å². The summed E-state index contributed by atoms with van der Waals surface area (Å²) in [4.78, 5) is 25.6. The fourth-order valence-corrected chi connectivity index (χ4v) is 6.80. The third-order valence-electron chi connectivity index (χ3n) is 9.59. The number of hydrogen-bond donors (Lipinski definition) is 0. The summed E-state index contributed by atoms with van der Waals surface area (Å²) in [5, 5.41) is 8.98. The molecule has 4 aromatic rings. The second kappa shape index (κ2) is 12.8. The highest BCUT2D eigenvalue weighted by atomic mass is 16.1. The van der Waals surface area contributed by atoms with Gasteiger partial charge in [0.15, 0.2) is 0 Å². The molecule has 0 atom stereocenters. The zero-order chi connectivity index (χ0) is 27.1. The Morgan fingerprint density at radius 1 is 0.714 bits per heavy atom. The number of hydrogen-bond acceptors (Lipinski definition) is 6. The van der Waals surface area contributed by atoms with Gasteiger partial charge in [-0.2, -0.15) is 5.26 Å². The number of benzene rings is 2. The molecule has 0 radical (unpaired) electrons. The molecule has 2 aliphatic carbocycles. The van der Waals surface area contributed by atoms with Crippen LogP contribution in [0.25, 0.3) is 22.1 Å². The lowest BCUT2D eigenvalue weighted by atomic mass is 9.91. The van der Waals surface area contributed by atoms with Crippen molar-refractivity contribution in [1.29, 1.82) is 5.26 Å². The Morgan fingerprint density at radius 3 is 1.71 bits per heavy atom. The van der Waals surface area contributed by atoms with Crippen molar-refractivity contribution < 1.29 is 4.79 Å². The van der Waals surface area contributed by atoms with Crippen molar-refractivity contribution in [2.75, 3.05) is 26.2 Å². The minimum absolute atomic E-state index is 0. The largest absolute Gasteiger partial charge is 0.327 e. The average molecular weight is 568 g/mol. The van der Waals surface area contributed by atoms with E-state index in [-0.39, 0.29) is 14.9 Å². The van der Waals surface area contributed by atoms with Crippen LogP contribution in [0.3, 0.4) is 0 Å². The van der Waals surface area contributed by atoms with Crippen molar-refractivity contribution in [2.45, 2.75) is 91.4 Å². The van der Waals surface area contributed by atoms with E-state index in [1.54, 1.807) is 0 Å². The highest BCUT2D eigenvalue weighted by molar-refractivity contribution is 5.85. The number of aromatic nitrogens is 4. The van der Waals surface area contributed by atoms with Crippen LogP contribution >= 0.6 is 0 Å². The van der Waals surface area contributed by atoms with E-state index < -0.39 is 0 Å². The van der Waals surface area contributed by atoms with Crippen molar-refractivity contribution in [2.24, 2.45) is 0 Å². The Bertz CT molecular complexity index is 1590. The number of rotatable bonds is 3. The predicted octanol–water partition coefficient (Wildman–Crippen LogP) is 5.85. The number of fused-ring (bicyclic) bond motifs is 6. The van der Waals surface area contributed by atoms with Crippen molar-refractivity contribution in [1.82, 2.24) is 28.9 Å².